The molecule has 1 aliphatic rings. The molecule has 0 atom stereocenters. The molecule has 0 saturated carbocycles. The Kier molecular flexibility index (Phi) is 4.77. The van der Waals surface area contributed by atoms with E-state index in [2.05, 4.69) is 5.32 Å². The third kappa shape index (κ3) is 3.18. The zero-order valence-corrected chi connectivity index (χ0v) is 15.2. The van der Waals surface area contributed by atoms with Gasteiger partial charge in [-0.2, -0.15) is 0 Å². The van der Waals surface area contributed by atoms with Crippen LogP contribution in [0.3, 0.4) is 0 Å². The molecule has 2 aromatic rings. The standard InChI is InChI=1S/C18H16N2O5S/c1-10-4-5-12(25-10)8-13-16(21)19-18(26)20(17(13)22)14-7-6-11(23-2)9-15(14)24-3/h4-9H,1-3H3,(H,19,21,26)/b13-8+. The second-order valence-corrected chi connectivity index (χ2v) is 5.83. The van der Waals surface area contributed by atoms with Gasteiger partial charge in [-0.05, 0) is 49.5 Å². The van der Waals surface area contributed by atoms with E-state index < -0.39 is 11.8 Å². The summed E-state index contributed by atoms with van der Waals surface area (Å²) in [5.41, 5.74) is 0.302. The number of methoxy groups -OCH3 is 2. The number of aryl methyl sites for hydroxylation is 1. The van der Waals surface area contributed by atoms with E-state index in [-0.39, 0.29) is 10.7 Å². The van der Waals surface area contributed by atoms with E-state index in [9.17, 15) is 9.59 Å². The van der Waals surface area contributed by atoms with Gasteiger partial charge in [0.15, 0.2) is 5.11 Å². The molecule has 0 spiro atoms. The van der Waals surface area contributed by atoms with Gasteiger partial charge in [-0.15, -0.1) is 0 Å². The second-order valence-electron chi connectivity index (χ2n) is 5.44. The summed E-state index contributed by atoms with van der Waals surface area (Å²) in [7, 11) is 2.99. The average Bonchev–Trinajstić information content (AvgIpc) is 3.03. The molecule has 1 aliphatic heterocycles. The Bertz CT molecular complexity index is 931. The Morgan fingerprint density at radius 2 is 1.92 bits per heavy atom. The van der Waals surface area contributed by atoms with Crippen LogP contribution in [0.4, 0.5) is 5.69 Å². The molecule has 1 N–H and O–H groups in total. The topological polar surface area (TPSA) is 81.0 Å². The van der Waals surface area contributed by atoms with Gasteiger partial charge in [0.25, 0.3) is 11.8 Å². The van der Waals surface area contributed by atoms with Gasteiger partial charge in [0.05, 0.1) is 19.9 Å². The summed E-state index contributed by atoms with van der Waals surface area (Å²) in [6, 6.07) is 8.35. The van der Waals surface area contributed by atoms with E-state index in [4.69, 9.17) is 26.1 Å². The van der Waals surface area contributed by atoms with Crippen molar-refractivity contribution in [2.24, 2.45) is 0 Å². The highest BCUT2D eigenvalue weighted by Gasteiger charge is 2.36. The lowest BCUT2D eigenvalue weighted by atomic mass is 10.1. The fourth-order valence-corrected chi connectivity index (χ4v) is 2.79. The van der Waals surface area contributed by atoms with Crippen molar-refractivity contribution >= 4 is 40.9 Å². The Morgan fingerprint density at radius 1 is 1.15 bits per heavy atom. The molecule has 2 heterocycles. The van der Waals surface area contributed by atoms with E-state index in [0.29, 0.717) is 28.7 Å². The first kappa shape index (κ1) is 17.7. The van der Waals surface area contributed by atoms with E-state index in [1.54, 1.807) is 37.3 Å². The first-order chi connectivity index (χ1) is 12.4. The van der Waals surface area contributed by atoms with Crippen LogP contribution < -0.4 is 19.7 Å². The third-order valence-corrected chi connectivity index (χ3v) is 4.06. The first-order valence-electron chi connectivity index (χ1n) is 7.64. The zero-order chi connectivity index (χ0) is 18.8. The van der Waals surface area contributed by atoms with Crippen molar-refractivity contribution in [1.29, 1.82) is 0 Å². The van der Waals surface area contributed by atoms with Crippen molar-refractivity contribution < 1.29 is 23.5 Å². The highest BCUT2D eigenvalue weighted by Crippen LogP contribution is 2.34. The van der Waals surface area contributed by atoms with Crippen molar-refractivity contribution in [3.05, 3.63) is 47.4 Å². The van der Waals surface area contributed by atoms with Crippen LogP contribution >= 0.6 is 12.2 Å². The number of benzene rings is 1. The van der Waals surface area contributed by atoms with Crippen LogP contribution in [0.2, 0.25) is 0 Å². The molecule has 3 rings (SSSR count). The summed E-state index contributed by atoms with van der Waals surface area (Å²) in [4.78, 5) is 26.4. The van der Waals surface area contributed by atoms with Gasteiger partial charge in [-0.1, -0.05) is 0 Å². The van der Waals surface area contributed by atoms with Gasteiger partial charge in [0, 0.05) is 6.07 Å². The monoisotopic (exact) mass is 372 g/mol. The minimum atomic E-state index is -0.585. The summed E-state index contributed by atoms with van der Waals surface area (Å²) in [5.74, 6) is 0.852. The molecule has 26 heavy (non-hydrogen) atoms. The molecular weight excluding hydrogens is 356 g/mol. The van der Waals surface area contributed by atoms with Crippen LogP contribution in [0.1, 0.15) is 11.5 Å². The molecule has 0 radical (unpaired) electrons. The van der Waals surface area contributed by atoms with Crippen molar-refractivity contribution in [3.8, 4) is 11.5 Å². The molecule has 1 saturated heterocycles. The van der Waals surface area contributed by atoms with Crippen LogP contribution in [-0.2, 0) is 9.59 Å². The highest BCUT2D eigenvalue weighted by molar-refractivity contribution is 7.80. The molecule has 1 fully saturated rings. The largest absolute Gasteiger partial charge is 0.497 e. The molecule has 7 nitrogen and oxygen atoms in total. The normalized spacial score (nSPS) is 16.0. The van der Waals surface area contributed by atoms with Crippen LogP contribution in [-0.4, -0.2) is 31.1 Å². The first-order valence-corrected chi connectivity index (χ1v) is 8.05. The second kappa shape index (κ2) is 7.01. The molecule has 1 aromatic heterocycles. The van der Waals surface area contributed by atoms with Gasteiger partial charge >= 0.3 is 0 Å². The summed E-state index contributed by atoms with van der Waals surface area (Å²) >= 11 is 5.19. The SMILES string of the molecule is COc1ccc(N2C(=O)/C(=C/c3ccc(C)o3)C(=O)NC2=S)c(OC)c1. The number of carbonyl (C=O) groups excluding carboxylic acids is 2. The lowest BCUT2D eigenvalue weighted by Gasteiger charge is -2.29. The number of carbonyl (C=O) groups is 2. The van der Waals surface area contributed by atoms with Crippen molar-refractivity contribution in [2.45, 2.75) is 6.92 Å². The Balaban J connectivity index is 2.05. The van der Waals surface area contributed by atoms with Crippen LogP contribution in [0.15, 0.2) is 40.3 Å². The Hall–Kier alpha value is -3.13. The summed E-state index contributed by atoms with van der Waals surface area (Å²) in [6.07, 6.45) is 1.38. The number of nitrogens with zero attached hydrogens (tertiary/aromatic N) is 1. The van der Waals surface area contributed by atoms with Gasteiger partial charge in [-0.3, -0.25) is 14.9 Å². The maximum atomic E-state index is 13.0. The van der Waals surface area contributed by atoms with E-state index in [1.807, 2.05) is 0 Å². The third-order valence-electron chi connectivity index (χ3n) is 3.78. The van der Waals surface area contributed by atoms with Crippen LogP contribution in [0.25, 0.3) is 6.08 Å². The van der Waals surface area contributed by atoms with Crippen LogP contribution in [0, 0.1) is 6.92 Å². The minimum Gasteiger partial charge on any atom is -0.497 e. The van der Waals surface area contributed by atoms with Gasteiger partial charge in [0.1, 0.15) is 28.6 Å². The lowest BCUT2D eigenvalue weighted by Crippen LogP contribution is -2.54. The fourth-order valence-electron chi connectivity index (χ4n) is 2.52. The van der Waals surface area contributed by atoms with Crippen molar-refractivity contribution in [2.75, 3.05) is 19.1 Å². The summed E-state index contributed by atoms with van der Waals surface area (Å²) < 4.78 is 15.9. The molecule has 1 aromatic carbocycles. The van der Waals surface area contributed by atoms with Crippen molar-refractivity contribution in [1.82, 2.24) is 5.32 Å². The van der Waals surface area contributed by atoms with Gasteiger partial charge in [0.2, 0.25) is 0 Å². The summed E-state index contributed by atoms with van der Waals surface area (Å²) in [5, 5.41) is 2.48. The summed E-state index contributed by atoms with van der Waals surface area (Å²) in [6.45, 7) is 1.77. The predicted molar refractivity (Wildman–Crippen MR) is 99.2 cm³/mol. The number of anilines is 1. The molecule has 0 aliphatic carbocycles. The van der Waals surface area contributed by atoms with Gasteiger partial charge < -0.3 is 13.9 Å². The molecule has 134 valence electrons. The Morgan fingerprint density at radius 3 is 2.54 bits per heavy atom. The molecule has 0 bridgehead atoms. The number of thiocarbonyl (C=S) groups is 1. The maximum Gasteiger partial charge on any atom is 0.270 e. The number of amides is 2. The van der Waals surface area contributed by atoms with Crippen LogP contribution in [0.5, 0.6) is 11.5 Å². The molecular formula is C18H16N2O5S. The van der Waals surface area contributed by atoms with E-state index in [0.717, 1.165) is 0 Å². The molecule has 8 heteroatoms. The smallest absolute Gasteiger partial charge is 0.270 e. The quantitative estimate of drug-likeness (QED) is 0.504. The predicted octanol–water partition coefficient (Wildman–Crippen LogP) is 2.44. The average molecular weight is 372 g/mol. The van der Waals surface area contributed by atoms with E-state index in [1.165, 1.54) is 25.2 Å². The minimum absolute atomic E-state index is 0.0313. The maximum absolute atomic E-state index is 13.0. The van der Waals surface area contributed by atoms with E-state index >= 15 is 0 Å². The fraction of sp³-hybridized carbons (Fsp3) is 0.167. The highest BCUT2D eigenvalue weighted by atomic mass is 32.1. The molecule has 0 unspecified atom stereocenters. The molecule has 2 amide bonds. The Labute approximate surface area is 155 Å². The lowest BCUT2D eigenvalue weighted by molar-refractivity contribution is -0.122. The number of hydrogen-bond acceptors (Lipinski definition) is 6. The number of ether oxygens (including phenoxy) is 2. The van der Waals surface area contributed by atoms with Crippen molar-refractivity contribution in [3.63, 3.8) is 0 Å². The number of furan rings is 1. The van der Waals surface area contributed by atoms with Gasteiger partial charge in [-0.25, -0.2) is 4.90 Å². The zero-order valence-electron chi connectivity index (χ0n) is 14.4. The number of hydrogen-bond donors (Lipinski definition) is 1. The number of rotatable bonds is 4. The number of nitrogens with one attached hydrogen (secondary N) is 1.